The Morgan fingerprint density at radius 1 is 1.18 bits per heavy atom. The van der Waals surface area contributed by atoms with Crippen LogP contribution >= 0.6 is 31.9 Å². The normalized spacial score (nSPS) is 12.8. The first-order valence-corrected chi connectivity index (χ1v) is 7.39. The Morgan fingerprint density at radius 3 is 2.29 bits per heavy atom. The van der Waals surface area contributed by atoms with Crippen molar-refractivity contribution in [3.8, 4) is 5.75 Å². The molecule has 0 radical (unpaired) electrons. The van der Waals surface area contributed by atoms with Gasteiger partial charge < -0.3 is 10.1 Å². The minimum Gasteiger partial charge on any atom is -0.491 e. The smallest absolute Gasteiger partial charge is 0.147 e. The molecule has 1 N–H and O–H groups in total. The molecule has 0 aliphatic carbocycles. The van der Waals surface area contributed by atoms with Crippen molar-refractivity contribution < 1.29 is 4.74 Å². The highest BCUT2D eigenvalue weighted by atomic mass is 79.9. The van der Waals surface area contributed by atoms with E-state index in [1.165, 1.54) is 0 Å². The summed E-state index contributed by atoms with van der Waals surface area (Å²) < 4.78 is 7.79. The summed E-state index contributed by atoms with van der Waals surface area (Å²) in [5, 5.41) is 3.41. The molecule has 1 atom stereocenters. The zero-order valence-electron chi connectivity index (χ0n) is 10.5. The Balaban J connectivity index is 2.44. The van der Waals surface area contributed by atoms with Gasteiger partial charge in [0.2, 0.25) is 0 Å². The molecule has 0 aromatic heterocycles. The van der Waals surface area contributed by atoms with Gasteiger partial charge in [-0.15, -0.1) is 0 Å². The van der Waals surface area contributed by atoms with Crippen molar-refractivity contribution in [3.63, 3.8) is 0 Å². The summed E-state index contributed by atoms with van der Waals surface area (Å²) in [7, 11) is 0. The summed E-state index contributed by atoms with van der Waals surface area (Å²) in [5.74, 6) is 1.36. The van der Waals surface area contributed by atoms with E-state index in [9.17, 15) is 0 Å². The summed E-state index contributed by atoms with van der Waals surface area (Å²) >= 11 is 6.98. The molecule has 0 saturated heterocycles. The number of nitrogens with one attached hydrogen (secondary N) is 1. The molecule has 0 fully saturated rings. The number of halogens is 2. The van der Waals surface area contributed by atoms with Crippen molar-refractivity contribution >= 4 is 31.9 Å². The van der Waals surface area contributed by atoms with Gasteiger partial charge in [0.25, 0.3) is 0 Å². The van der Waals surface area contributed by atoms with Crippen LogP contribution in [0, 0.1) is 5.92 Å². The van der Waals surface area contributed by atoms with Crippen LogP contribution in [0.3, 0.4) is 0 Å². The molecule has 17 heavy (non-hydrogen) atoms. The Bertz CT molecular complexity index is 335. The van der Waals surface area contributed by atoms with E-state index < -0.39 is 0 Å². The lowest BCUT2D eigenvalue weighted by Gasteiger charge is -2.17. The van der Waals surface area contributed by atoms with E-state index in [1.54, 1.807) is 0 Å². The molecular formula is C13H19Br2NO. The third-order valence-electron chi connectivity index (χ3n) is 2.31. The molecule has 0 amide bonds. The predicted molar refractivity (Wildman–Crippen MR) is 79.6 cm³/mol. The fourth-order valence-electron chi connectivity index (χ4n) is 1.34. The van der Waals surface area contributed by atoms with E-state index in [0.29, 0.717) is 18.6 Å². The van der Waals surface area contributed by atoms with E-state index in [2.05, 4.69) is 57.9 Å². The molecule has 0 saturated carbocycles. The number of hydrogen-bond donors (Lipinski definition) is 1. The van der Waals surface area contributed by atoms with Crippen LogP contribution in [0.2, 0.25) is 0 Å². The first-order chi connectivity index (χ1) is 8.00. The van der Waals surface area contributed by atoms with E-state index in [1.807, 2.05) is 18.2 Å². The van der Waals surface area contributed by atoms with Gasteiger partial charge >= 0.3 is 0 Å². The molecule has 1 aromatic carbocycles. The first kappa shape index (κ1) is 15.0. The van der Waals surface area contributed by atoms with Crippen LogP contribution in [0.25, 0.3) is 0 Å². The third-order valence-corrected chi connectivity index (χ3v) is 3.55. The largest absolute Gasteiger partial charge is 0.491 e. The van der Waals surface area contributed by atoms with Gasteiger partial charge in [0.1, 0.15) is 5.75 Å². The van der Waals surface area contributed by atoms with Gasteiger partial charge in [-0.3, -0.25) is 0 Å². The quantitative estimate of drug-likeness (QED) is 0.815. The van der Waals surface area contributed by atoms with Crippen LogP contribution in [0.15, 0.2) is 27.1 Å². The highest BCUT2D eigenvalue weighted by molar-refractivity contribution is 9.11. The van der Waals surface area contributed by atoms with Gasteiger partial charge in [0.05, 0.1) is 15.6 Å². The molecule has 1 rings (SSSR count). The Labute approximate surface area is 120 Å². The summed E-state index contributed by atoms with van der Waals surface area (Å²) in [5.41, 5.74) is 0. The van der Waals surface area contributed by atoms with E-state index >= 15 is 0 Å². The molecule has 0 bridgehead atoms. The third kappa shape index (κ3) is 5.40. The Morgan fingerprint density at radius 2 is 1.76 bits per heavy atom. The Kier molecular flexibility index (Phi) is 6.52. The van der Waals surface area contributed by atoms with Gasteiger partial charge in [-0.2, -0.15) is 0 Å². The van der Waals surface area contributed by atoms with Crippen LogP contribution in [0.5, 0.6) is 5.75 Å². The topological polar surface area (TPSA) is 21.3 Å². The van der Waals surface area contributed by atoms with Crippen molar-refractivity contribution in [2.24, 2.45) is 5.92 Å². The molecule has 0 spiro atoms. The summed E-state index contributed by atoms with van der Waals surface area (Å²) in [6, 6.07) is 6.46. The van der Waals surface area contributed by atoms with E-state index in [4.69, 9.17) is 4.74 Å². The molecule has 0 aliphatic heterocycles. The summed E-state index contributed by atoms with van der Waals surface area (Å²) in [6.07, 6.45) is 0. The first-order valence-electron chi connectivity index (χ1n) is 5.81. The number of hydrogen-bond acceptors (Lipinski definition) is 2. The van der Waals surface area contributed by atoms with Crippen molar-refractivity contribution in [1.29, 1.82) is 0 Å². The van der Waals surface area contributed by atoms with Gasteiger partial charge in [-0.25, -0.2) is 0 Å². The Hall–Kier alpha value is -0.0600. The van der Waals surface area contributed by atoms with Crippen molar-refractivity contribution in [2.75, 3.05) is 13.2 Å². The fourth-order valence-corrected chi connectivity index (χ4v) is 2.57. The molecule has 96 valence electrons. The van der Waals surface area contributed by atoms with Crippen LogP contribution in [0.1, 0.15) is 20.8 Å². The zero-order chi connectivity index (χ0) is 12.8. The number of benzene rings is 1. The lowest BCUT2D eigenvalue weighted by molar-refractivity contribution is 0.250. The monoisotopic (exact) mass is 363 g/mol. The fraction of sp³-hybridized carbons (Fsp3) is 0.538. The maximum Gasteiger partial charge on any atom is 0.147 e. The molecule has 0 heterocycles. The molecular weight excluding hydrogens is 346 g/mol. The van der Waals surface area contributed by atoms with Crippen molar-refractivity contribution in [2.45, 2.75) is 26.8 Å². The van der Waals surface area contributed by atoms with Crippen LogP contribution in [0.4, 0.5) is 0 Å². The number of para-hydroxylation sites is 1. The van der Waals surface area contributed by atoms with Crippen LogP contribution < -0.4 is 10.1 Å². The van der Waals surface area contributed by atoms with Gasteiger partial charge in [0.15, 0.2) is 0 Å². The maximum absolute atomic E-state index is 5.83. The number of rotatable bonds is 6. The van der Waals surface area contributed by atoms with Gasteiger partial charge in [-0.05, 0) is 44.0 Å². The molecule has 1 aromatic rings. The molecule has 2 nitrogen and oxygen atoms in total. The average molecular weight is 365 g/mol. The highest BCUT2D eigenvalue weighted by Crippen LogP contribution is 2.33. The standard InChI is InChI=1S/C13H19Br2NO/c1-9(2)16-7-10(3)8-17-13-11(14)5-4-6-12(13)15/h4-6,9-10,16H,7-8H2,1-3H3. The molecule has 4 heteroatoms. The lowest BCUT2D eigenvalue weighted by Crippen LogP contribution is -2.30. The van der Waals surface area contributed by atoms with Crippen molar-refractivity contribution in [3.05, 3.63) is 27.1 Å². The summed E-state index contributed by atoms with van der Waals surface area (Å²) in [6.45, 7) is 8.16. The van der Waals surface area contributed by atoms with Crippen LogP contribution in [-0.2, 0) is 0 Å². The SMILES string of the molecule is CC(CNC(C)C)COc1c(Br)cccc1Br. The maximum atomic E-state index is 5.83. The second-order valence-electron chi connectivity index (χ2n) is 4.53. The van der Waals surface area contributed by atoms with Gasteiger partial charge in [0, 0.05) is 18.5 Å². The molecule has 1 unspecified atom stereocenters. The minimum atomic E-state index is 0.483. The second-order valence-corrected chi connectivity index (χ2v) is 6.24. The molecule has 0 aliphatic rings. The zero-order valence-corrected chi connectivity index (χ0v) is 13.6. The summed E-state index contributed by atoms with van der Waals surface area (Å²) in [4.78, 5) is 0. The van der Waals surface area contributed by atoms with E-state index in [-0.39, 0.29) is 0 Å². The van der Waals surface area contributed by atoms with Crippen LogP contribution in [-0.4, -0.2) is 19.2 Å². The minimum absolute atomic E-state index is 0.483. The number of ether oxygens (including phenoxy) is 1. The second kappa shape index (κ2) is 7.39. The van der Waals surface area contributed by atoms with Crippen molar-refractivity contribution in [1.82, 2.24) is 5.32 Å². The predicted octanol–water partition coefficient (Wildman–Crippen LogP) is 4.22. The average Bonchev–Trinajstić information content (AvgIpc) is 2.25. The highest BCUT2D eigenvalue weighted by Gasteiger charge is 2.09. The lowest BCUT2D eigenvalue weighted by atomic mass is 10.2. The van der Waals surface area contributed by atoms with Gasteiger partial charge in [-0.1, -0.05) is 26.8 Å². The van der Waals surface area contributed by atoms with E-state index in [0.717, 1.165) is 21.2 Å².